The van der Waals surface area contributed by atoms with Gasteiger partial charge in [-0.15, -0.1) is 0 Å². The zero-order valence-electron chi connectivity index (χ0n) is 9.86. The van der Waals surface area contributed by atoms with Crippen LogP contribution in [0.2, 0.25) is 0 Å². The molecule has 2 aromatic rings. The van der Waals surface area contributed by atoms with E-state index in [0.29, 0.717) is 13.0 Å². The standard InChI is InChI=1S/C13H14N4O/c14-10-7-13(18)17(8-10)12-3-1-11(2-4-12)16-6-5-15-9-16/h1-6,9-10H,7-8,14H2. The van der Waals surface area contributed by atoms with E-state index >= 15 is 0 Å². The number of imidazole rings is 1. The molecule has 0 radical (unpaired) electrons. The van der Waals surface area contributed by atoms with Gasteiger partial charge in [-0.1, -0.05) is 0 Å². The van der Waals surface area contributed by atoms with Gasteiger partial charge in [0.05, 0.1) is 6.33 Å². The highest BCUT2D eigenvalue weighted by molar-refractivity contribution is 5.96. The molecule has 1 fully saturated rings. The molecule has 2 heterocycles. The van der Waals surface area contributed by atoms with Crippen LogP contribution in [-0.4, -0.2) is 28.0 Å². The molecule has 1 aromatic heterocycles. The molecule has 0 saturated carbocycles. The molecule has 5 nitrogen and oxygen atoms in total. The number of nitrogens with zero attached hydrogens (tertiary/aromatic N) is 3. The first-order valence-electron chi connectivity index (χ1n) is 5.88. The van der Waals surface area contributed by atoms with Gasteiger partial charge in [-0.25, -0.2) is 4.98 Å². The monoisotopic (exact) mass is 242 g/mol. The Bertz CT molecular complexity index is 547. The average molecular weight is 242 g/mol. The molecular weight excluding hydrogens is 228 g/mol. The fraction of sp³-hybridized carbons (Fsp3) is 0.231. The van der Waals surface area contributed by atoms with Crippen LogP contribution in [0.5, 0.6) is 0 Å². The number of hydrogen-bond acceptors (Lipinski definition) is 3. The summed E-state index contributed by atoms with van der Waals surface area (Å²) in [6, 6.07) is 7.75. The number of nitrogens with two attached hydrogens (primary N) is 1. The van der Waals surface area contributed by atoms with Crippen LogP contribution in [0, 0.1) is 0 Å². The minimum atomic E-state index is -0.0502. The molecule has 5 heteroatoms. The van der Waals surface area contributed by atoms with Crippen LogP contribution < -0.4 is 10.6 Å². The normalized spacial score (nSPS) is 19.5. The van der Waals surface area contributed by atoms with Gasteiger partial charge in [0, 0.05) is 42.8 Å². The van der Waals surface area contributed by atoms with Crippen molar-refractivity contribution in [1.82, 2.24) is 9.55 Å². The number of hydrogen-bond donors (Lipinski definition) is 1. The minimum Gasteiger partial charge on any atom is -0.326 e. The molecule has 2 N–H and O–H groups in total. The van der Waals surface area contributed by atoms with E-state index in [2.05, 4.69) is 4.98 Å². The number of rotatable bonds is 2. The lowest BCUT2D eigenvalue weighted by molar-refractivity contribution is -0.117. The zero-order valence-corrected chi connectivity index (χ0v) is 9.86. The van der Waals surface area contributed by atoms with Gasteiger partial charge >= 0.3 is 0 Å². The summed E-state index contributed by atoms with van der Waals surface area (Å²) in [4.78, 5) is 17.5. The van der Waals surface area contributed by atoms with Gasteiger partial charge < -0.3 is 15.2 Å². The number of amides is 1. The highest BCUT2D eigenvalue weighted by Gasteiger charge is 2.27. The summed E-state index contributed by atoms with van der Waals surface area (Å²) in [5, 5.41) is 0. The van der Waals surface area contributed by atoms with E-state index in [0.717, 1.165) is 11.4 Å². The Balaban J connectivity index is 1.85. The van der Waals surface area contributed by atoms with Crippen LogP contribution in [0.3, 0.4) is 0 Å². The largest absolute Gasteiger partial charge is 0.326 e. The quantitative estimate of drug-likeness (QED) is 0.852. The second-order valence-corrected chi connectivity index (χ2v) is 4.45. The molecule has 1 aliphatic heterocycles. The Morgan fingerprint density at radius 2 is 1.94 bits per heavy atom. The van der Waals surface area contributed by atoms with Crippen molar-refractivity contribution in [2.24, 2.45) is 5.73 Å². The van der Waals surface area contributed by atoms with Gasteiger partial charge in [-0.2, -0.15) is 0 Å². The minimum absolute atomic E-state index is 0.0502. The van der Waals surface area contributed by atoms with Crippen molar-refractivity contribution in [2.45, 2.75) is 12.5 Å². The molecule has 18 heavy (non-hydrogen) atoms. The number of aromatic nitrogens is 2. The smallest absolute Gasteiger partial charge is 0.228 e. The topological polar surface area (TPSA) is 64.2 Å². The molecule has 1 atom stereocenters. The third kappa shape index (κ3) is 1.89. The van der Waals surface area contributed by atoms with Crippen molar-refractivity contribution in [3.8, 4) is 5.69 Å². The lowest BCUT2D eigenvalue weighted by atomic mass is 10.2. The molecule has 1 unspecified atom stereocenters. The SMILES string of the molecule is NC1CC(=O)N(c2ccc(-n3ccnc3)cc2)C1. The van der Waals surface area contributed by atoms with Crippen molar-refractivity contribution in [3.63, 3.8) is 0 Å². The lowest BCUT2D eigenvalue weighted by Gasteiger charge is -2.16. The van der Waals surface area contributed by atoms with Gasteiger partial charge in [-0.05, 0) is 24.3 Å². The van der Waals surface area contributed by atoms with Crippen molar-refractivity contribution in [3.05, 3.63) is 43.0 Å². The van der Waals surface area contributed by atoms with Crippen LogP contribution in [0.15, 0.2) is 43.0 Å². The molecule has 92 valence electrons. The molecular formula is C13H14N4O. The first kappa shape index (κ1) is 11.0. The van der Waals surface area contributed by atoms with Crippen LogP contribution in [0.1, 0.15) is 6.42 Å². The maximum absolute atomic E-state index is 11.7. The van der Waals surface area contributed by atoms with Crippen molar-refractivity contribution in [1.29, 1.82) is 0 Å². The zero-order chi connectivity index (χ0) is 12.5. The van der Waals surface area contributed by atoms with E-state index in [1.807, 2.05) is 35.0 Å². The van der Waals surface area contributed by atoms with E-state index in [4.69, 9.17) is 5.73 Å². The summed E-state index contributed by atoms with van der Waals surface area (Å²) in [6.07, 6.45) is 5.79. The molecule has 1 aliphatic rings. The molecule has 0 spiro atoms. The molecule has 3 rings (SSSR count). The predicted octanol–water partition coefficient (Wildman–Crippen LogP) is 0.936. The molecule has 1 saturated heterocycles. The first-order valence-corrected chi connectivity index (χ1v) is 5.88. The summed E-state index contributed by atoms with van der Waals surface area (Å²) in [7, 11) is 0. The Kier molecular flexibility index (Phi) is 2.60. The second-order valence-electron chi connectivity index (χ2n) is 4.45. The molecule has 1 amide bonds. The van der Waals surface area contributed by atoms with E-state index in [1.165, 1.54) is 0 Å². The Labute approximate surface area is 105 Å². The number of carbonyl (C=O) groups excluding carboxylic acids is 1. The molecule has 0 bridgehead atoms. The third-order valence-electron chi connectivity index (χ3n) is 3.12. The fourth-order valence-corrected chi connectivity index (χ4v) is 2.20. The summed E-state index contributed by atoms with van der Waals surface area (Å²) in [5.41, 5.74) is 7.71. The third-order valence-corrected chi connectivity index (χ3v) is 3.12. The predicted molar refractivity (Wildman–Crippen MR) is 68.5 cm³/mol. The summed E-state index contributed by atoms with van der Waals surface area (Å²) < 4.78 is 1.92. The summed E-state index contributed by atoms with van der Waals surface area (Å²) in [6.45, 7) is 0.600. The highest BCUT2D eigenvalue weighted by Crippen LogP contribution is 2.22. The van der Waals surface area contributed by atoms with Gasteiger partial charge in [0.25, 0.3) is 0 Å². The lowest BCUT2D eigenvalue weighted by Crippen LogP contribution is -2.27. The van der Waals surface area contributed by atoms with Crippen molar-refractivity contribution < 1.29 is 4.79 Å². The van der Waals surface area contributed by atoms with Crippen molar-refractivity contribution >= 4 is 11.6 Å². The van der Waals surface area contributed by atoms with Gasteiger partial charge in [0.1, 0.15) is 0 Å². The van der Waals surface area contributed by atoms with Crippen LogP contribution >= 0.6 is 0 Å². The number of benzene rings is 1. The van der Waals surface area contributed by atoms with Crippen LogP contribution in [0.4, 0.5) is 5.69 Å². The molecule has 1 aromatic carbocycles. The Morgan fingerprint density at radius 3 is 2.50 bits per heavy atom. The Hall–Kier alpha value is -2.14. The highest BCUT2D eigenvalue weighted by atomic mass is 16.2. The average Bonchev–Trinajstić information content (AvgIpc) is 2.99. The Morgan fingerprint density at radius 1 is 1.22 bits per heavy atom. The first-order chi connectivity index (χ1) is 8.74. The van der Waals surface area contributed by atoms with Gasteiger partial charge in [-0.3, -0.25) is 4.79 Å². The summed E-state index contributed by atoms with van der Waals surface area (Å²) >= 11 is 0. The van der Waals surface area contributed by atoms with Crippen LogP contribution in [-0.2, 0) is 4.79 Å². The fourth-order valence-electron chi connectivity index (χ4n) is 2.20. The van der Waals surface area contributed by atoms with E-state index < -0.39 is 0 Å². The maximum atomic E-state index is 11.7. The maximum Gasteiger partial charge on any atom is 0.228 e. The van der Waals surface area contributed by atoms with Gasteiger partial charge in [0.15, 0.2) is 0 Å². The second kappa shape index (κ2) is 4.27. The van der Waals surface area contributed by atoms with Crippen LogP contribution in [0.25, 0.3) is 5.69 Å². The number of carbonyl (C=O) groups is 1. The van der Waals surface area contributed by atoms with Gasteiger partial charge in [0.2, 0.25) is 5.91 Å². The number of anilines is 1. The van der Waals surface area contributed by atoms with E-state index in [-0.39, 0.29) is 11.9 Å². The van der Waals surface area contributed by atoms with E-state index in [1.54, 1.807) is 17.4 Å². The van der Waals surface area contributed by atoms with E-state index in [9.17, 15) is 4.79 Å². The van der Waals surface area contributed by atoms with Crippen molar-refractivity contribution in [2.75, 3.05) is 11.4 Å². The molecule has 0 aliphatic carbocycles. The summed E-state index contributed by atoms with van der Waals surface area (Å²) in [5.74, 6) is 0.0953.